The van der Waals surface area contributed by atoms with Crippen molar-refractivity contribution in [2.45, 2.75) is 6.61 Å². The quantitative estimate of drug-likeness (QED) is 0.375. The van der Waals surface area contributed by atoms with Crippen molar-refractivity contribution in [2.24, 2.45) is 10.9 Å². The number of nitrogens with two attached hydrogens (primary N) is 1. The summed E-state index contributed by atoms with van der Waals surface area (Å²) in [5, 5.41) is 13.6. The number of pyridine rings is 1. The fourth-order valence-electron chi connectivity index (χ4n) is 1.29. The van der Waals surface area contributed by atoms with Gasteiger partial charge in [-0.3, -0.25) is 0 Å². The Bertz CT molecular complexity index is 511. The summed E-state index contributed by atoms with van der Waals surface area (Å²) in [6, 6.07) is 7.31. The molecule has 0 aromatic carbocycles. The lowest BCUT2D eigenvalue weighted by Crippen LogP contribution is -2.15. The smallest absolute Gasteiger partial charge is 0.224 e. The van der Waals surface area contributed by atoms with Crippen molar-refractivity contribution in [3.63, 3.8) is 0 Å². The van der Waals surface area contributed by atoms with Crippen LogP contribution in [0.4, 0.5) is 0 Å². The number of ether oxygens (including phenoxy) is 1. The first-order valence-corrected chi connectivity index (χ1v) is 5.77. The summed E-state index contributed by atoms with van der Waals surface area (Å²) >= 11 is 1.60. The molecule has 0 aliphatic heterocycles. The molecule has 88 valence electrons. The van der Waals surface area contributed by atoms with Crippen molar-refractivity contribution in [3.05, 3.63) is 46.3 Å². The molecule has 2 rings (SSSR count). The zero-order valence-electron chi connectivity index (χ0n) is 8.91. The minimum atomic E-state index is -0.0146. The molecule has 3 N–H and O–H groups in total. The van der Waals surface area contributed by atoms with Gasteiger partial charge in [-0.2, -0.15) is 0 Å². The van der Waals surface area contributed by atoms with E-state index < -0.39 is 0 Å². The van der Waals surface area contributed by atoms with Crippen LogP contribution in [0.15, 0.2) is 41.0 Å². The Kier molecular flexibility index (Phi) is 3.56. The van der Waals surface area contributed by atoms with Gasteiger partial charge in [-0.05, 0) is 23.6 Å². The summed E-state index contributed by atoms with van der Waals surface area (Å²) in [5.74, 6) is 0.343. The molecule has 0 atom stereocenters. The lowest BCUT2D eigenvalue weighted by molar-refractivity contribution is 0.295. The second kappa shape index (κ2) is 5.31. The zero-order chi connectivity index (χ0) is 12.1. The number of aromatic nitrogens is 1. The number of rotatable bonds is 4. The van der Waals surface area contributed by atoms with E-state index in [0.717, 1.165) is 4.88 Å². The summed E-state index contributed by atoms with van der Waals surface area (Å²) < 4.78 is 5.53. The van der Waals surface area contributed by atoms with E-state index in [4.69, 9.17) is 15.7 Å². The second-order valence-electron chi connectivity index (χ2n) is 3.21. The highest BCUT2D eigenvalue weighted by atomic mass is 32.1. The van der Waals surface area contributed by atoms with Crippen LogP contribution in [-0.2, 0) is 6.61 Å². The van der Waals surface area contributed by atoms with Crippen LogP contribution in [0.5, 0.6) is 5.88 Å². The lowest BCUT2D eigenvalue weighted by Gasteiger charge is -2.07. The van der Waals surface area contributed by atoms with E-state index in [0.29, 0.717) is 18.1 Å². The molecule has 0 aliphatic carbocycles. The fraction of sp³-hybridized carbons (Fsp3) is 0.0909. The monoisotopic (exact) mass is 249 g/mol. The maximum Gasteiger partial charge on any atom is 0.224 e. The predicted octanol–water partition coefficient (Wildman–Crippen LogP) is 1.82. The van der Waals surface area contributed by atoms with Crippen LogP contribution in [0.25, 0.3) is 0 Å². The van der Waals surface area contributed by atoms with Crippen LogP contribution in [0, 0.1) is 0 Å². The van der Waals surface area contributed by atoms with Crippen LogP contribution in [0.2, 0.25) is 0 Å². The van der Waals surface area contributed by atoms with Crippen molar-refractivity contribution in [1.29, 1.82) is 0 Å². The predicted molar refractivity (Wildman–Crippen MR) is 65.4 cm³/mol. The minimum Gasteiger partial charge on any atom is -0.471 e. The average Bonchev–Trinajstić information content (AvgIpc) is 2.89. The average molecular weight is 249 g/mol. The van der Waals surface area contributed by atoms with Crippen molar-refractivity contribution in [3.8, 4) is 5.88 Å². The Labute approximate surface area is 102 Å². The standard InChI is InChI=1S/C11H11N3O2S/c12-10(14-15)9-4-1-5-13-11(9)16-7-8-3-2-6-17-8/h1-6,15H,7H2,(H2,12,14). The van der Waals surface area contributed by atoms with Crippen molar-refractivity contribution >= 4 is 17.2 Å². The van der Waals surface area contributed by atoms with E-state index >= 15 is 0 Å². The van der Waals surface area contributed by atoms with Gasteiger partial charge in [0.1, 0.15) is 6.61 Å². The number of thiophene rings is 1. The van der Waals surface area contributed by atoms with Crippen molar-refractivity contribution < 1.29 is 9.94 Å². The highest BCUT2D eigenvalue weighted by Crippen LogP contribution is 2.17. The van der Waals surface area contributed by atoms with Gasteiger partial charge in [-0.1, -0.05) is 11.2 Å². The van der Waals surface area contributed by atoms with Crippen LogP contribution in [0.3, 0.4) is 0 Å². The molecule has 0 spiro atoms. The number of hydrogen-bond donors (Lipinski definition) is 2. The van der Waals surface area contributed by atoms with Gasteiger partial charge in [-0.15, -0.1) is 11.3 Å². The first-order valence-electron chi connectivity index (χ1n) is 4.89. The van der Waals surface area contributed by atoms with Gasteiger partial charge in [0.15, 0.2) is 5.84 Å². The highest BCUT2D eigenvalue weighted by molar-refractivity contribution is 7.09. The number of amidine groups is 1. The van der Waals surface area contributed by atoms with Crippen LogP contribution < -0.4 is 10.5 Å². The Hall–Kier alpha value is -2.08. The summed E-state index contributed by atoms with van der Waals surface area (Å²) in [5.41, 5.74) is 6.00. The van der Waals surface area contributed by atoms with Gasteiger partial charge in [0, 0.05) is 11.1 Å². The molecule has 6 heteroatoms. The van der Waals surface area contributed by atoms with Gasteiger partial charge in [0.2, 0.25) is 5.88 Å². The van der Waals surface area contributed by atoms with Gasteiger partial charge >= 0.3 is 0 Å². The molecular weight excluding hydrogens is 238 g/mol. The fourth-order valence-corrected chi connectivity index (χ4v) is 1.90. The molecule has 5 nitrogen and oxygen atoms in total. The van der Waals surface area contributed by atoms with E-state index in [1.807, 2.05) is 17.5 Å². The van der Waals surface area contributed by atoms with E-state index in [-0.39, 0.29) is 5.84 Å². The van der Waals surface area contributed by atoms with E-state index in [1.54, 1.807) is 29.7 Å². The van der Waals surface area contributed by atoms with E-state index in [9.17, 15) is 0 Å². The molecule has 2 aromatic heterocycles. The normalized spacial score (nSPS) is 11.4. The molecule has 0 saturated carbocycles. The van der Waals surface area contributed by atoms with Crippen molar-refractivity contribution in [1.82, 2.24) is 4.98 Å². The van der Waals surface area contributed by atoms with Gasteiger partial charge in [0.05, 0.1) is 5.56 Å². The molecule has 2 aromatic rings. The zero-order valence-corrected chi connectivity index (χ0v) is 9.72. The SMILES string of the molecule is NC(=NO)c1cccnc1OCc1cccs1. The number of hydrogen-bond acceptors (Lipinski definition) is 5. The third-order valence-electron chi connectivity index (χ3n) is 2.09. The van der Waals surface area contributed by atoms with E-state index in [1.165, 1.54) is 0 Å². The Morgan fingerprint density at radius 2 is 2.35 bits per heavy atom. The topological polar surface area (TPSA) is 80.7 Å². The molecule has 0 unspecified atom stereocenters. The van der Waals surface area contributed by atoms with Crippen LogP contribution in [-0.4, -0.2) is 16.0 Å². The Morgan fingerprint density at radius 1 is 1.47 bits per heavy atom. The van der Waals surface area contributed by atoms with Crippen LogP contribution >= 0.6 is 11.3 Å². The highest BCUT2D eigenvalue weighted by Gasteiger charge is 2.09. The Balaban J connectivity index is 2.15. The molecular formula is C11H11N3O2S. The first-order chi connectivity index (χ1) is 8.31. The number of nitrogens with zero attached hydrogens (tertiary/aromatic N) is 2. The van der Waals surface area contributed by atoms with Gasteiger partial charge in [-0.25, -0.2) is 4.98 Å². The second-order valence-corrected chi connectivity index (χ2v) is 4.24. The van der Waals surface area contributed by atoms with Gasteiger partial charge in [0.25, 0.3) is 0 Å². The minimum absolute atomic E-state index is 0.0146. The lowest BCUT2D eigenvalue weighted by atomic mass is 10.2. The molecule has 0 saturated heterocycles. The molecule has 2 heterocycles. The molecule has 0 bridgehead atoms. The molecule has 0 aliphatic rings. The molecule has 0 amide bonds. The summed E-state index contributed by atoms with van der Waals surface area (Å²) in [4.78, 5) is 5.14. The van der Waals surface area contributed by atoms with Crippen LogP contribution in [0.1, 0.15) is 10.4 Å². The maximum atomic E-state index is 8.65. The van der Waals surface area contributed by atoms with Crippen molar-refractivity contribution in [2.75, 3.05) is 0 Å². The summed E-state index contributed by atoms with van der Waals surface area (Å²) in [6.45, 7) is 0.417. The molecule has 0 radical (unpaired) electrons. The first kappa shape index (κ1) is 11.4. The largest absolute Gasteiger partial charge is 0.471 e. The third-order valence-corrected chi connectivity index (χ3v) is 2.94. The maximum absolute atomic E-state index is 8.65. The van der Waals surface area contributed by atoms with E-state index in [2.05, 4.69) is 10.1 Å². The molecule has 17 heavy (non-hydrogen) atoms. The summed E-state index contributed by atoms with van der Waals surface area (Å²) in [7, 11) is 0. The Morgan fingerprint density at radius 3 is 3.06 bits per heavy atom. The summed E-state index contributed by atoms with van der Waals surface area (Å²) in [6.07, 6.45) is 1.60. The molecule has 0 fully saturated rings. The third kappa shape index (κ3) is 2.73. The van der Waals surface area contributed by atoms with Gasteiger partial charge < -0.3 is 15.7 Å². The number of oxime groups is 1.